The third kappa shape index (κ3) is 3.71. The fourth-order valence-electron chi connectivity index (χ4n) is 3.97. The lowest BCUT2D eigenvalue weighted by atomic mass is 9.74. The molecule has 0 bridgehead atoms. The third-order valence-corrected chi connectivity index (χ3v) is 5.38. The van der Waals surface area contributed by atoms with E-state index >= 15 is 0 Å². The van der Waals surface area contributed by atoms with E-state index in [0.717, 1.165) is 35.4 Å². The van der Waals surface area contributed by atoms with Crippen molar-refractivity contribution in [1.29, 1.82) is 0 Å². The second kappa shape index (κ2) is 7.34. The van der Waals surface area contributed by atoms with Gasteiger partial charge in [0.05, 0.1) is 12.2 Å². The molecule has 4 heteroatoms. The van der Waals surface area contributed by atoms with Gasteiger partial charge in [-0.05, 0) is 43.2 Å². The molecule has 1 aromatic rings. The number of dihydropyridines is 1. The highest BCUT2D eigenvalue weighted by atomic mass is 16.5. The van der Waals surface area contributed by atoms with Crippen LogP contribution >= 0.6 is 0 Å². The van der Waals surface area contributed by atoms with Crippen LogP contribution in [-0.4, -0.2) is 18.4 Å². The standard InChI is InChI=1S/C23H29NO3/c1-6-27-22(26)19-14(2)24-17-8-7-9-18(25)21(17)20(19)15-10-12-16(13-11-15)23(3,4)5/h10-13,20,24H,6-9H2,1-5H3/t20-/m0/s1. The molecule has 0 saturated carbocycles. The zero-order valence-corrected chi connectivity index (χ0v) is 16.9. The van der Waals surface area contributed by atoms with Crippen LogP contribution in [0.1, 0.15) is 70.9 Å². The first-order valence-corrected chi connectivity index (χ1v) is 9.75. The van der Waals surface area contributed by atoms with E-state index in [2.05, 4.69) is 50.4 Å². The van der Waals surface area contributed by atoms with Gasteiger partial charge in [0.1, 0.15) is 0 Å². The molecule has 1 aliphatic heterocycles. The molecule has 144 valence electrons. The van der Waals surface area contributed by atoms with Crippen molar-refractivity contribution >= 4 is 11.8 Å². The zero-order valence-electron chi connectivity index (χ0n) is 16.9. The van der Waals surface area contributed by atoms with Gasteiger partial charge in [-0.3, -0.25) is 4.79 Å². The number of esters is 1. The fourth-order valence-corrected chi connectivity index (χ4v) is 3.97. The Bertz CT molecular complexity index is 822. The minimum atomic E-state index is -0.359. The van der Waals surface area contributed by atoms with E-state index in [-0.39, 0.29) is 23.1 Å². The van der Waals surface area contributed by atoms with Gasteiger partial charge in [0.2, 0.25) is 0 Å². The van der Waals surface area contributed by atoms with Crippen LogP contribution in [0, 0.1) is 0 Å². The van der Waals surface area contributed by atoms with Crippen molar-refractivity contribution in [3.63, 3.8) is 0 Å². The second-order valence-corrected chi connectivity index (χ2v) is 8.36. The van der Waals surface area contributed by atoms with Crippen LogP contribution in [0.5, 0.6) is 0 Å². The van der Waals surface area contributed by atoms with Gasteiger partial charge < -0.3 is 10.1 Å². The number of ketones is 1. The average molecular weight is 367 g/mol. The zero-order chi connectivity index (χ0) is 19.8. The summed E-state index contributed by atoms with van der Waals surface area (Å²) in [6.07, 6.45) is 2.22. The molecular weight excluding hydrogens is 338 g/mol. The van der Waals surface area contributed by atoms with E-state index in [0.29, 0.717) is 18.6 Å². The smallest absolute Gasteiger partial charge is 0.336 e. The molecule has 0 amide bonds. The van der Waals surface area contributed by atoms with E-state index in [4.69, 9.17) is 4.74 Å². The lowest BCUT2D eigenvalue weighted by Crippen LogP contribution is -2.34. The summed E-state index contributed by atoms with van der Waals surface area (Å²) >= 11 is 0. The summed E-state index contributed by atoms with van der Waals surface area (Å²) in [5, 5.41) is 3.31. The Morgan fingerprint density at radius 3 is 2.44 bits per heavy atom. The van der Waals surface area contributed by atoms with Crippen LogP contribution < -0.4 is 5.32 Å². The highest BCUT2D eigenvalue weighted by Gasteiger charge is 2.39. The largest absolute Gasteiger partial charge is 0.463 e. The normalized spacial score (nSPS) is 20.3. The van der Waals surface area contributed by atoms with E-state index < -0.39 is 0 Å². The summed E-state index contributed by atoms with van der Waals surface area (Å²) in [5.74, 6) is -0.581. The minimum Gasteiger partial charge on any atom is -0.463 e. The molecule has 1 aliphatic carbocycles. The number of hydrogen-bond donors (Lipinski definition) is 1. The van der Waals surface area contributed by atoms with Gasteiger partial charge in [-0.2, -0.15) is 0 Å². The molecule has 0 radical (unpaired) electrons. The van der Waals surface area contributed by atoms with E-state index in [1.165, 1.54) is 5.56 Å². The molecule has 1 atom stereocenters. The van der Waals surface area contributed by atoms with Gasteiger partial charge in [0.25, 0.3) is 0 Å². The number of ether oxygens (including phenoxy) is 1. The van der Waals surface area contributed by atoms with Gasteiger partial charge in [-0.25, -0.2) is 4.79 Å². The summed E-state index contributed by atoms with van der Waals surface area (Å²) in [4.78, 5) is 25.5. The van der Waals surface area contributed by atoms with Crippen molar-refractivity contribution in [1.82, 2.24) is 5.32 Å². The predicted molar refractivity (Wildman–Crippen MR) is 106 cm³/mol. The average Bonchev–Trinajstić information content (AvgIpc) is 2.60. The molecule has 1 heterocycles. The first kappa shape index (κ1) is 19.4. The SMILES string of the molecule is CCOC(=O)C1=C(C)NC2=C(C(=O)CCC2)[C@H]1c1ccc(C(C)(C)C)cc1. The summed E-state index contributed by atoms with van der Waals surface area (Å²) in [6, 6.07) is 8.30. The van der Waals surface area contributed by atoms with Crippen molar-refractivity contribution in [3.8, 4) is 0 Å². The maximum atomic E-state index is 12.8. The number of carbonyl (C=O) groups is 2. The molecule has 0 fully saturated rings. The van der Waals surface area contributed by atoms with Gasteiger partial charge in [-0.15, -0.1) is 0 Å². The first-order chi connectivity index (χ1) is 12.7. The van der Waals surface area contributed by atoms with Crippen molar-refractivity contribution < 1.29 is 14.3 Å². The van der Waals surface area contributed by atoms with Gasteiger partial charge in [0.15, 0.2) is 5.78 Å². The lowest BCUT2D eigenvalue weighted by molar-refractivity contribution is -0.138. The molecule has 0 aromatic heterocycles. The maximum absolute atomic E-state index is 12.8. The Morgan fingerprint density at radius 2 is 1.85 bits per heavy atom. The number of nitrogens with one attached hydrogen (secondary N) is 1. The molecule has 4 nitrogen and oxygen atoms in total. The number of allylic oxidation sites excluding steroid dienone is 3. The molecule has 3 rings (SSSR count). The molecule has 2 aliphatic rings. The monoisotopic (exact) mass is 367 g/mol. The maximum Gasteiger partial charge on any atom is 0.336 e. The van der Waals surface area contributed by atoms with Crippen molar-refractivity contribution in [2.24, 2.45) is 0 Å². The summed E-state index contributed by atoms with van der Waals surface area (Å²) in [5.41, 5.74) is 5.27. The van der Waals surface area contributed by atoms with Crippen LogP contribution in [0.25, 0.3) is 0 Å². The summed E-state index contributed by atoms with van der Waals surface area (Å²) in [7, 11) is 0. The summed E-state index contributed by atoms with van der Waals surface area (Å²) < 4.78 is 5.33. The third-order valence-electron chi connectivity index (χ3n) is 5.38. The number of carbonyl (C=O) groups excluding carboxylic acids is 2. The van der Waals surface area contributed by atoms with Gasteiger partial charge in [0, 0.05) is 29.3 Å². The number of hydrogen-bond acceptors (Lipinski definition) is 4. The number of benzene rings is 1. The highest BCUT2D eigenvalue weighted by molar-refractivity contribution is 6.03. The van der Waals surface area contributed by atoms with Gasteiger partial charge >= 0.3 is 5.97 Å². The van der Waals surface area contributed by atoms with E-state index in [1.807, 2.05) is 6.92 Å². The van der Waals surface area contributed by atoms with Crippen molar-refractivity contribution in [2.75, 3.05) is 6.61 Å². The van der Waals surface area contributed by atoms with Crippen LogP contribution in [0.2, 0.25) is 0 Å². The second-order valence-electron chi connectivity index (χ2n) is 8.36. The number of Topliss-reactive ketones (excluding diaryl/α,β-unsaturated/α-hetero) is 1. The Labute approximate surface area is 161 Å². The van der Waals surface area contributed by atoms with Crippen LogP contribution in [0.3, 0.4) is 0 Å². The number of rotatable bonds is 3. The molecule has 0 saturated heterocycles. The molecule has 0 spiro atoms. The quantitative estimate of drug-likeness (QED) is 0.799. The highest BCUT2D eigenvalue weighted by Crippen LogP contribution is 2.42. The van der Waals surface area contributed by atoms with E-state index in [1.54, 1.807) is 6.92 Å². The van der Waals surface area contributed by atoms with Crippen LogP contribution in [0.4, 0.5) is 0 Å². The minimum absolute atomic E-state index is 0.0491. The lowest BCUT2D eigenvalue weighted by Gasteiger charge is -2.34. The Balaban J connectivity index is 2.12. The van der Waals surface area contributed by atoms with Crippen LogP contribution in [0.15, 0.2) is 46.8 Å². The van der Waals surface area contributed by atoms with Crippen LogP contribution in [-0.2, 0) is 19.7 Å². The predicted octanol–water partition coefficient (Wildman–Crippen LogP) is 4.52. The molecule has 1 N–H and O–H groups in total. The van der Waals surface area contributed by atoms with Crippen molar-refractivity contribution in [3.05, 3.63) is 57.9 Å². The molecule has 0 unspecified atom stereocenters. The summed E-state index contributed by atoms with van der Waals surface area (Å²) in [6.45, 7) is 10.5. The Kier molecular flexibility index (Phi) is 5.27. The molecule has 27 heavy (non-hydrogen) atoms. The molecular formula is C23H29NO3. The first-order valence-electron chi connectivity index (χ1n) is 9.75. The van der Waals surface area contributed by atoms with Crippen molar-refractivity contribution in [2.45, 2.75) is 65.2 Å². The van der Waals surface area contributed by atoms with Gasteiger partial charge in [-0.1, -0.05) is 45.0 Å². The Hall–Kier alpha value is -2.36. The molecule has 1 aromatic carbocycles. The fraction of sp³-hybridized carbons (Fsp3) is 0.478. The van der Waals surface area contributed by atoms with E-state index in [9.17, 15) is 9.59 Å². The topological polar surface area (TPSA) is 55.4 Å². The Morgan fingerprint density at radius 1 is 1.19 bits per heavy atom.